The minimum atomic E-state index is 0.182. The van der Waals surface area contributed by atoms with Crippen LogP contribution in [0.25, 0.3) is 0 Å². The van der Waals surface area contributed by atoms with Crippen molar-refractivity contribution in [2.24, 2.45) is 0 Å². The number of ether oxygens (including phenoxy) is 2. The van der Waals surface area contributed by atoms with Crippen molar-refractivity contribution in [2.45, 2.75) is 18.6 Å². The van der Waals surface area contributed by atoms with Gasteiger partial charge in [-0.1, -0.05) is 6.08 Å². The molecule has 0 aromatic rings. The maximum Gasteiger partial charge on any atom is 0.0965 e. The molecular formula is C9H17NO2. The van der Waals surface area contributed by atoms with Crippen LogP contribution in [0.2, 0.25) is 0 Å². The molecule has 1 heterocycles. The lowest BCUT2D eigenvalue weighted by Crippen LogP contribution is -2.44. The highest BCUT2D eigenvalue weighted by Gasteiger charge is 2.22. The first-order valence-corrected chi connectivity index (χ1v) is 4.36. The average Bonchev–Trinajstić information content (AvgIpc) is 2.15. The summed E-state index contributed by atoms with van der Waals surface area (Å²) in [6.45, 7) is 5.83. The van der Waals surface area contributed by atoms with Gasteiger partial charge in [-0.05, 0) is 13.5 Å². The zero-order valence-electron chi connectivity index (χ0n) is 7.58. The Morgan fingerprint density at radius 3 is 3.00 bits per heavy atom. The van der Waals surface area contributed by atoms with Gasteiger partial charge < -0.3 is 14.8 Å². The van der Waals surface area contributed by atoms with Crippen molar-refractivity contribution in [1.29, 1.82) is 0 Å². The average molecular weight is 171 g/mol. The molecule has 0 aliphatic carbocycles. The molecule has 12 heavy (non-hydrogen) atoms. The summed E-state index contributed by atoms with van der Waals surface area (Å²) in [5.74, 6) is 0. The number of hydrogen-bond acceptors (Lipinski definition) is 3. The van der Waals surface area contributed by atoms with E-state index in [-0.39, 0.29) is 6.10 Å². The molecule has 0 saturated carbocycles. The van der Waals surface area contributed by atoms with Gasteiger partial charge in [0.1, 0.15) is 0 Å². The van der Waals surface area contributed by atoms with Crippen molar-refractivity contribution in [2.75, 3.05) is 26.9 Å². The van der Waals surface area contributed by atoms with Crippen LogP contribution in [0.3, 0.4) is 0 Å². The summed E-state index contributed by atoms with van der Waals surface area (Å²) in [7, 11) is 1.94. The lowest BCUT2D eigenvalue weighted by atomic mass is 10.1. The third-order valence-corrected chi connectivity index (χ3v) is 2.08. The molecule has 0 radical (unpaired) electrons. The van der Waals surface area contributed by atoms with Gasteiger partial charge in [0.25, 0.3) is 0 Å². The van der Waals surface area contributed by atoms with E-state index in [1.54, 1.807) is 0 Å². The molecule has 1 saturated heterocycles. The second kappa shape index (κ2) is 5.30. The molecule has 2 unspecified atom stereocenters. The van der Waals surface area contributed by atoms with Gasteiger partial charge in [0.2, 0.25) is 0 Å². The van der Waals surface area contributed by atoms with E-state index in [0.717, 1.165) is 13.0 Å². The maximum absolute atomic E-state index is 5.55. The monoisotopic (exact) mass is 171 g/mol. The molecule has 0 spiro atoms. The largest absolute Gasteiger partial charge is 0.376 e. The van der Waals surface area contributed by atoms with Gasteiger partial charge in [-0.3, -0.25) is 0 Å². The summed E-state index contributed by atoms with van der Waals surface area (Å²) >= 11 is 0. The zero-order chi connectivity index (χ0) is 8.81. The molecule has 0 aromatic carbocycles. The SMILES string of the molecule is C=CCC(NC)C1COCCO1. The topological polar surface area (TPSA) is 30.5 Å². The van der Waals surface area contributed by atoms with Crippen LogP contribution < -0.4 is 5.32 Å². The van der Waals surface area contributed by atoms with Crippen molar-refractivity contribution in [1.82, 2.24) is 5.32 Å². The molecule has 2 atom stereocenters. The van der Waals surface area contributed by atoms with E-state index >= 15 is 0 Å². The zero-order valence-corrected chi connectivity index (χ0v) is 7.58. The van der Waals surface area contributed by atoms with E-state index in [1.807, 2.05) is 13.1 Å². The molecule has 3 nitrogen and oxygen atoms in total. The van der Waals surface area contributed by atoms with Crippen LogP contribution >= 0.6 is 0 Å². The Bertz CT molecular complexity index is 132. The Kier molecular flexibility index (Phi) is 4.29. The lowest BCUT2D eigenvalue weighted by Gasteiger charge is -2.29. The Hall–Kier alpha value is -0.380. The van der Waals surface area contributed by atoms with Gasteiger partial charge in [0, 0.05) is 6.04 Å². The Balaban J connectivity index is 2.34. The van der Waals surface area contributed by atoms with Crippen LogP contribution in [-0.2, 0) is 9.47 Å². The number of nitrogens with one attached hydrogen (secondary N) is 1. The molecule has 0 bridgehead atoms. The molecule has 1 N–H and O–H groups in total. The molecular weight excluding hydrogens is 154 g/mol. The standard InChI is InChI=1S/C9H17NO2/c1-3-4-8(10-2)9-7-11-5-6-12-9/h3,8-10H,1,4-7H2,2H3. The number of rotatable bonds is 4. The van der Waals surface area contributed by atoms with Gasteiger partial charge in [-0.25, -0.2) is 0 Å². The molecule has 1 rings (SSSR count). The molecule has 1 aliphatic rings. The van der Waals surface area contributed by atoms with Crippen LogP contribution in [0.15, 0.2) is 12.7 Å². The Morgan fingerprint density at radius 1 is 1.67 bits per heavy atom. The van der Waals surface area contributed by atoms with E-state index in [4.69, 9.17) is 9.47 Å². The van der Waals surface area contributed by atoms with E-state index < -0.39 is 0 Å². The maximum atomic E-state index is 5.55. The minimum Gasteiger partial charge on any atom is -0.376 e. The van der Waals surface area contributed by atoms with Crippen molar-refractivity contribution in [3.8, 4) is 0 Å². The molecule has 70 valence electrons. The van der Waals surface area contributed by atoms with E-state index in [9.17, 15) is 0 Å². The first-order chi connectivity index (χ1) is 5.88. The summed E-state index contributed by atoms with van der Waals surface area (Å²) in [6.07, 6.45) is 3.01. The number of hydrogen-bond donors (Lipinski definition) is 1. The first kappa shape index (κ1) is 9.71. The van der Waals surface area contributed by atoms with E-state index in [1.165, 1.54) is 0 Å². The third-order valence-electron chi connectivity index (χ3n) is 2.08. The summed E-state index contributed by atoms with van der Waals surface area (Å²) in [6, 6.07) is 0.336. The smallest absolute Gasteiger partial charge is 0.0965 e. The summed E-state index contributed by atoms with van der Waals surface area (Å²) < 4.78 is 10.9. The van der Waals surface area contributed by atoms with Crippen LogP contribution in [0, 0.1) is 0 Å². The van der Waals surface area contributed by atoms with Gasteiger partial charge >= 0.3 is 0 Å². The fourth-order valence-electron chi connectivity index (χ4n) is 1.37. The highest BCUT2D eigenvalue weighted by Crippen LogP contribution is 2.08. The molecule has 3 heteroatoms. The fraction of sp³-hybridized carbons (Fsp3) is 0.778. The predicted octanol–water partition coefficient (Wildman–Crippen LogP) is 0.566. The van der Waals surface area contributed by atoms with Gasteiger partial charge in [0.15, 0.2) is 0 Å². The van der Waals surface area contributed by atoms with Gasteiger partial charge in [-0.2, -0.15) is 0 Å². The minimum absolute atomic E-state index is 0.182. The quantitative estimate of drug-likeness (QED) is 0.627. The van der Waals surface area contributed by atoms with E-state index in [2.05, 4.69) is 11.9 Å². The predicted molar refractivity (Wildman–Crippen MR) is 48.2 cm³/mol. The van der Waals surface area contributed by atoms with Gasteiger partial charge in [0.05, 0.1) is 25.9 Å². The second-order valence-electron chi connectivity index (χ2n) is 2.90. The third kappa shape index (κ3) is 2.59. The van der Waals surface area contributed by atoms with Crippen molar-refractivity contribution in [3.63, 3.8) is 0 Å². The fourth-order valence-corrected chi connectivity index (χ4v) is 1.37. The lowest BCUT2D eigenvalue weighted by molar-refractivity contribution is -0.100. The normalized spacial score (nSPS) is 26.6. The van der Waals surface area contributed by atoms with E-state index in [0.29, 0.717) is 19.3 Å². The van der Waals surface area contributed by atoms with Crippen LogP contribution in [-0.4, -0.2) is 39.0 Å². The number of likely N-dealkylation sites (N-methyl/N-ethyl adjacent to an activating group) is 1. The summed E-state index contributed by atoms with van der Waals surface area (Å²) in [4.78, 5) is 0. The molecule has 1 aliphatic heterocycles. The Labute approximate surface area is 73.7 Å². The van der Waals surface area contributed by atoms with Crippen molar-refractivity contribution in [3.05, 3.63) is 12.7 Å². The summed E-state index contributed by atoms with van der Waals surface area (Å²) in [5, 5.41) is 3.20. The van der Waals surface area contributed by atoms with Gasteiger partial charge in [-0.15, -0.1) is 6.58 Å². The molecule has 0 aromatic heterocycles. The van der Waals surface area contributed by atoms with Crippen LogP contribution in [0.5, 0.6) is 0 Å². The second-order valence-corrected chi connectivity index (χ2v) is 2.90. The van der Waals surface area contributed by atoms with Crippen LogP contribution in [0.1, 0.15) is 6.42 Å². The molecule has 0 amide bonds. The molecule has 1 fully saturated rings. The first-order valence-electron chi connectivity index (χ1n) is 4.36. The highest BCUT2D eigenvalue weighted by molar-refractivity contribution is 4.84. The Morgan fingerprint density at radius 2 is 2.50 bits per heavy atom. The van der Waals surface area contributed by atoms with Crippen LogP contribution in [0.4, 0.5) is 0 Å². The van der Waals surface area contributed by atoms with Crippen molar-refractivity contribution < 1.29 is 9.47 Å². The summed E-state index contributed by atoms with van der Waals surface area (Å²) in [5.41, 5.74) is 0. The van der Waals surface area contributed by atoms with Crippen molar-refractivity contribution >= 4 is 0 Å². The highest BCUT2D eigenvalue weighted by atomic mass is 16.6.